The molecule has 5 heteroatoms. The van der Waals surface area contributed by atoms with Gasteiger partial charge in [0.15, 0.2) is 17.5 Å². The fourth-order valence-electron chi connectivity index (χ4n) is 8.02. The maximum absolute atomic E-state index is 5.03. The standard InChI is InChI=1S/C51H32N4S/c1-4-15-33(16-5-1)36-21-13-24-39(32-36)55-45-28-11-10-25-41(45)42-29-30-44-43-27-14-26-40(47(43)56-48(44)46(42)55)37-22-12-23-38(31-37)51-53-49(34-17-6-2-7-18-34)52-50(54-51)35-19-8-3-9-20-35/h1-32H. The van der Waals surface area contributed by atoms with Crippen LogP contribution in [0.3, 0.4) is 0 Å². The average Bonchev–Trinajstić information content (AvgIpc) is 3.84. The normalized spacial score (nSPS) is 11.6. The molecule has 0 saturated heterocycles. The first-order valence-electron chi connectivity index (χ1n) is 18.8. The van der Waals surface area contributed by atoms with E-state index in [1.807, 2.05) is 72.0 Å². The van der Waals surface area contributed by atoms with Crippen molar-refractivity contribution in [3.63, 3.8) is 0 Å². The van der Waals surface area contributed by atoms with Crippen molar-refractivity contribution in [1.82, 2.24) is 19.5 Å². The third kappa shape index (κ3) is 5.40. The maximum Gasteiger partial charge on any atom is 0.164 e. The summed E-state index contributed by atoms with van der Waals surface area (Å²) in [7, 11) is 0. The van der Waals surface area contributed by atoms with Crippen LogP contribution in [0.1, 0.15) is 0 Å². The quantitative estimate of drug-likeness (QED) is 0.171. The van der Waals surface area contributed by atoms with Crippen molar-refractivity contribution in [2.75, 3.05) is 0 Å². The summed E-state index contributed by atoms with van der Waals surface area (Å²) in [5.41, 5.74) is 11.2. The van der Waals surface area contributed by atoms with E-state index in [0.29, 0.717) is 17.5 Å². The Bertz CT molecular complexity index is 3180. The molecule has 4 nitrogen and oxygen atoms in total. The van der Waals surface area contributed by atoms with Gasteiger partial charge in [0, 0.05) is 48.6 Å². The van der Waals surface area contributed by atoms with Gasteiger partial charge in [0.25, 0.3) is 0 Å². The molecule has 56 heavy (non-hydrogen) atoms. The molecule has 262 valence electrons. The molecule has 0 amide bonds. The molecule has 8 aromatic carbocycles. The van der Waals surface area contributed by atoms with Crippen LogP contribution in [-0.2, 0) is 0 Å². The molecule has 0 N–H and O–H groups in total. The summed E-state index contributed by atoms with van der Waals surface area (Å²) >= 11 is 1.88. The lowest BCUT2D eigenvalue weighted by Gasteiger charge is -2.11. The van der Waals surface area contributed by atoms with E-state index in [-0.39, 0.29) is 0 Å². The van der Waals surface area contributed by atoms with Gasteiger partial charge in [-0.25, -0.2) is 15.0 Å². The molecular formula is C51H32N4S. The largest absolute Gasteiger partial charge is 0.308 e. The van der Waals surface area contributed by atoms with Crippen molar-refractivity contribution in [3.8, 4) is 62.1 Å². The average molecular weight is 733 g/mol. The number of fused-ring (bicyclic) bond motifs is 7. The summed E-state index contributed by atoms with van der Waals surface area (Å²) in [6.45, 7) is 0. The van der Waals surface area contributed by atoms with Gasteiger partial charge >= 0.3 is 0 Å². The Kier molecular flexibility index (Phi) is 7.64. The highest BCUT2D eigenvalue weighted by atomic mass is 32.1. The van der Waals surface area contributed by atoms with Crippen LogP contribution in [0.2, 0.25) is 0 Å². The molecule has 0 aliphatic rings. The first kappa shape index (κ1) is 32.2. The minimum absolute atomic E-state index is 0.645. The Hall–Kier alpha value is -7.21. The Morgan fingerprint density at radius 2 is 0.857 bits per heavy atom. The van der Waals surface area contributed by atoms with Crippen LogP contribution in [0.4, 0.5) is 0 Å². The second-order valence-electron chi connectivity index (χ2n) is 14.0. The van der Waals surface area contributed by atoms with Gasteiger partial charge in [-0.2, -0.15) is 0 Å². The third-order valence-electron chi connectivity index (χ3n) is 10.6. The molecule has 0 fully saturated rings. The van der Waals surface area contributed by atoms with Crippen LogP contribution in [0, 0.1) is 0 Å². The minimum atomic E-state index is 0.645. The van der Waals surface area contributed by atoms with E-state index in [2.05, 4.69) is 138 Å². The molecule has 0 unspecified atom stereocenters. The molecule has 3 heterocycles. The van der Waals surface area contributed by atoms with Crippen molar-refractivity contribution in [2.24, 2.45) is 0 Å². The smallest absolute Gasteiger partial charge is 0.164 e. The van der Waals surface area contributed by atoms with E-state index in [0.717, 1.165) is 27.9 Å². The van der Waals surface area contributed by atoms with E-state index in [4.69, 9.17) is 15.0 Å². The molecule has 11 rings (SSSR count). The predicted octanol–water partition coefficient (Wildman–Crippen LogP) is 13.7. The van der Waals surface area contributed by atoms with Crippen molar-refractivity contribution in [1.29, 1.82) is 0 Å². The SMILES string of the molecule is c1ccc(-c2cccc(-n3c4ccccc4c4ccc5c6cccc(-c7cccc(-c8nc(-c9ccccc9)nc(-c9ccccc9)n8)c7)c6sc5c43)c2)cc1. The zero-order valence-corrected chi connectivity index (χ0v) is 31.0. The Labute approximate surface area is 327 Å². The molecule has 0 aliphatic heterocycles. The second-order valence-corrected chi connectivity index (χ2v) is 15.0. The van der Waals surface area contributed by atoms with Gasteiger partial charge in [0.1, 0.15) is 0 Å². The molecule has 0 bridgehead atoms. The third-order valence-corrected chi connectivity index (χ3v) is 11.9. The van der Waals surface area contributed by atoms with Gasteiger partial charge < -0.3 is 4.57 Å². The van der Waals surface area contributed by atoms with Gasteiger partial charge in [0.05, 0.1) is 15.7 Å². The summed E-state index contributed by atoms with van der Waals surface area (Å²) in [6.07, 6.45) is 0. The predicted molar refractivity (Wildman–Crippen MR) is 234 cm³/mol. The van der Waals surface area contributed by atoms with Crippen molar-refractivity contribution >= 4 is 53.3 Å². The van der Waals surface area contributed by atoms with E-state index < -0.39 is 0 Å². The zero-order valence-electron chi connectivity index (χ0n) is 30.2. The number of rotatable bonds is 6. The van der Waals surface area contributed by atoms with E-state index in [9.17, 15) is 0 Å². The Morgan fingerprint density at radius 1 is 0.339 bits per heavy atom. The first-order chi connectivity index (χ1) is 27.8. The lowest BCUT2D eigenvalue weighted by Crippen LogP contribution is -2.00. The second kappa shape index (κ2) is 13.3. The van der Waals surface area contributed by atoms with Gasteiger partial charge in [0.2, 0.25) is 0 Å². The molecule has 3 aromatic heterocycles. The lowest BCUT2D eigenvalue weighted by atomic mass is 10.00. The number of thiophene rings is 1. The Balaban J connectivity index is 1.10. The molecule has 11 aromatic rings. The van der Waals surface area contributed by atoms with E-state index in [1.54, 1.807) is 0 Å². The summed E-state index contributed by atoms with van der Waals surface area (Å²) in [5.74, 6) is 1.95. The number of aromatic nitrogens is 4. The van der Waals surface area contributed by atoms with Crippen molar-refractivity contribution < 1.29 is 0 Å². The van der Waals surface area contributed by atoms with Gasteiger partial charge in [-0.1, -0.05) is 170 Å². The molecule has 0 aliphatic carbocycles. The molecule has 0 radical (unpaired) electrons. The van der Waals surface area contributed by atoms with Crippen LogP contribution in [0.5, 0.6) is 0 Å². The summed E-state index contributed by atoms with van der Waals surface area (Å²) in [5, 5.41) is 5.02. The number of nitrogens with zero attached hydrogens (tertiary/aromatic N) is 4. The van der Waals surface area contributed by atoms with Gasteiger partial charge in [-0.05, 0) is 46.5 Å². The molecule has 0 saturated carbocycles. The van der Waals surface area contributed by atoms with E-state index >= 15 is 0 Å². The Morgan fingerprint density at radius 3 is 1.59 bits per heavy atom. The van der Waals surface area contributed by atoms with Crippen LogP contribution < -0.4 is 0 Å². The van der Waals surface area contributed by atoms with Crippen molar-refractivity contribution in [2.45, 2.75) is 0 Å². The minimum Gasteiger partial charge on any atom is -0.308 e. The van der Waals surface area contributed by atoms with Gasteiger partial charge in [-0.15, -0.1) is 11.3 Å². The van der Waals surface area contributed by atoms with Crippen molar-refractivity contribution in [3.05, 3.63) is 194 Å². The fraction of sp³-hybridized carbons (Fsp3) is 0. The topological polar surface area (TPSA) is 43.6 Å². The number of para-hydroxylation sites is 1. The monoisotopic (exact) mass is 732 g/mol. The molecular weight excluding hydrogens is 701 g/mol. The number of hydrogen-bond donors (Lipinski definition) is 0. The lowest BCUT2D eigenvalue weighted by molar-refractivity contribution is 1.07. The molecule has 0 atom stereocenters. The summed E-state index contributed by atoms with van der Waals surface area (Å²) < 4.78 is 5.00. The summed E-state index contributed by atoms with van der Waals surface area (Å²) in [6, 6.07) is 68.5. The highest BCUT2D eigenvalue weighted by Crippen LogP contribution is 2.46. The zero-order chi connectivity index (χ0) is 37.0. The van der Waals surface area contributed by atoms with Gasteiger partial charge in [-0.3, -0.25) is 0 Å². The highest BCUT2D eigenvalue weighted by Gasteiger charge is 2.20. The van der Waals surface area contributed by atoms with Crippen LogP contribution in [0.15, 0.2) is 194 Å². The number of hydrogen-bond acceptors (Lipinski definition) is 4. The maximum atomic E-state index is 5.03. The number of benzene rings is 8. The van der Waals surface area contributed by atoms with E-state index in [1.165, 1.54) is 58.7 Å². The molecule has 0 spiro atoms. The highest BCUT2D eigenvalue weighted by molar-refractivity contribution is 7.27. The fourth-order valence-corrected chi connectivity index (χ4v) is 9.39. The van der Waals surface area contributed by atoms with Crippen LogP contribution >= 0.6 is 11.3 Å². The van der Waals surface area contributed by atoms with Crippen LogP contribution in [0.25, 0.3) is 104 Å². The van der Waals surface area contributed by atoms with Crippen LogP contribution in [-0.4, -0.2) is 19.5 Å². The first-order valence-corrected chi connectivity index (χ1v) is 19.6. The summed E-state index contributed by atoms with van der Waals surface area (Å²) in [4.78, 5) is 15.0.